The first-order chi connectivity index (χ1) is 3.66. The molecule has 0 saturated carbocycles. The third-order valence-electron chi connectivity index (χ3n) is 0.500. The van der Waals surface area contributed by atoms with Crippen LogP contribution in [0.15, 0.2) is 35.6 Å². The van der Waals surface area contributed by atoms with Gasteiger partial charge in [0.25, 0.3) is 0 Å². The molecule has 1 N–H and O–H groups in total. The van der Waals surface area contributed by atoms with E-state index in [4.69, 9.17) is 5.11 Å². The molecule has 0 fully saturated rings. The average Bonchev–Trinajstić information content (AvgIpc) is 1.65. The van der Waals surface area contributed by atoms with Crippen molar-refractivity contribution in [3.63, 3.8) is 0 Å². The zero-order valence-electron chi connectivity index (χ0n) is 4.39. The highest BCUT2D eigenvalue weighted by molar-refractivity contribution is 9.11. The average molecular weight is 175 g/mol. The van der Waals surface area contributed by atoms with Crippen LogP contribution in [-0.4, -0.2) is 5.11 Å². The number of hydrogen-bond donors (Lipinski definition) is 1. The van der Waals surface area contributed by atoms with Gasteiger partial charge in [-0.1, -0.05) is 35.2 Å². The molecular weight excluding hydrogens is 168 g/mol. The molecular formula is C6H7BrO. The van der Waals surface area contributed by atoms with Crippen LogP contribution in [0.2, 0.25) is 0 Å². The number of hydrogen-bond acceptors (Lipinski definition) is 1. The summed E-state index contributed by atoms with van der Waals surface area (Å²) in [4.78, 5) is 0. The van der Waals surface area contributed by atoms with Crippen LogP contribution in [0.5, 0.6) is 0 Å². The highest BCUT2D eigenvalue weighted by Gasteiger charge is 1.81. The van der Waals surface area contributed by atoms with Gasteiger partial charge in [-0.3, -0.25) is 0 Å². The van der Waals surface area contributed by atoms with Crippen LogP contribution >= 0.6 is 15.9 Å². The molecule has 0 aliphatic carbocycles. The Balaban J connectivity index is 3.94. The van der Waals surface area contributed by atoms with Crippen LogP contribution in [0.25, 0.3) is 0 Å². The van der Waals surface area contributed by atoms with Crippen molar-refractivity contribution < 1.29 is 5.11 Å². The van der Waals surface area contributed by atoms with Crippen molar-refractivity contribution in [1.82, 2.24) is 0 Å². The minimum atomic E-state index is 0.0248. The minimum Gasteiger partial charge on any atom is -0.509 e. The molecule has 0 aromatic heterocycles. The fraction of sp³-hybridized carbons (Fsp3) is 0. The summed E-state index contributed by atoms with van der Waals surface area (Å²) >= 11 is 3.10. The Kier molecular flexibility index (Phi) is 3.28. The van der Waals surface area contributed by atoms with Crippen molar-refractivity contribution >= 4 is 15.9 Å². The van der Waals surface area contributed by atoms with E-state index in [0.29, 0.717) is 0 Å². The summed E-state index contributed by atoms with van der Waals surface area (Å²) in [5, 5.41) is 8.51. The van der Waals surface area contributed by atoms with Crippen molar-refractivity contribution in [1.29, 1.82) is 0 Å². The Labute approximate surface area is 57.2 Å². The molecule has 0 heterocycles. The van der Waals surface area contributed by atoms with Crippen molar-refractivity contribution in [3.8, 4) is 0 Å². The standard InChI is InChI=1S/C6H7BrO/c1-3-6(7)4-5(2)8/h3-4,8H,1-2H2/b6-4+. The molecule has 0 aliphatic rings. The monoisotopic (exact) mass is 174 g/mol. The maximum absolute atomic E-state index is 8.51. The second kappa shape index (κ2) is 3.50. The van der Waals surface area contributed by atoms with E-state index in [2.05, 4.69) is 29.1 Å². The highest BCUT2D eigenvalue weighted by Crippen LogP contribution is 2.06. The van der Waals surface area contributed by atoms with E-state index < -0.39 is 0 Å². The van der Waals surface area contributed by atoms with Crippen molar-refractivity contribution in [2.75, 3.05) is 0 Å². The van der Waals surface area contributed by atoms with Crippen LogP contribution < -0.4 is 0 Å². The molecule has 0 bridgehead atoms. The molecule has 0 aliphatic heterocycles. The SMILES string of the molecule is C=C/C(Br)=C\C(=C)O. The Hall–Kier alpha value is -0.500. The first kappa shape index (κ1) is 7.50. The maximum atomic E-state index is 8.51. The van der Waals surface area contributed by atoms with Gasteiger partial charge in [-0.15, -0.1) is 0 Å². The van der Waals surface area contributed by atoms with Gasteiger partial charge in [0.15, 0.2) is 0 Å². The van der Waals surface area contributed by atoms with Crippen molar-refractivity contribution in [3.05, 3.63) is 35.6 Å². The molecule has 8 heavy (non-hydrogen) atoms. The van der Waals surface area contributed by atoms with Crippen LogP contribution in [0.3, 0.4) is 0 Å². The van der Waals surface area contributed by atoms with E-state index in [1.165, 1.54) is 6.08 Å². The van der Waals surface area contributed by atoms with E-state index in [9.17, 15) is 0 Å². The van der Waals surface area contributed by atoms with Gasteiger partial charge < -0.3 is 5.11 Å². The minimum absolute atomic E-state index is 0.0248. The van der Waals surface area contributed by atoms with Gasteiger partial charge in [0.1, 0.15) is 5.76 Å². The Morgan fingerprint density at radius 2 is 2.12 bits per heavy atom. The summed E-state index contributed by atoms with van der Waals surface area (Å²) in [6.07, 6.45) is 3.04. The number of aliphatic hydroxyl groups excluding tert-OH is 1. The van der Waals surface area contributed by atoms with Crippen LogP contribution in [0.4, 0.5) is 0 Å². The molecule has 0 unspecified atom stereocenters. The smallest absolute Gasteiger partial charge is 0.109 e. The van der Waals surface area contributed by atoms with E-state index >= 15 is 0 Å². The number of aliphatic hydroxyl groups is 1. The highest BCUT2D eigenvalue weighted by atomic mass is 79.9. The Morgan fingerprint density at radius 1 is 1.62 bits per heavy atom. The molecule has 0 aromatic carbocycles. The summed E-state index contributed by atoms with van der Waals surface area (Å²) in [5.41, 5.74) is 0. The van der Waals surface area contributed by atoms with Gasteiger partial charge >= 0.3 is 0 Å². The number of allylic oxidation sites excluding steroid dienone is 3. The van der Waals surface area contributed by atoms with Crippen molar-refractivity contribution in [2.45, 2.75) is 0 Å². The summed E-state index contributed by atoms with van der Waals surface area (Å²) in [5.74, 6) is 0.0248. The summed E-state index contributed by atoms with van der Waals surface area (Å²) in [6, 6.07) is 0. The molecule has 0 atom stereocenters. The van der Waals surface area contributed by atoms with E-state index in [1.807, 2.05) is 0 Å². The third-order valence-corrected chi connectivity index (χ3v) is 1.05. The first-order valence-corrected chi connectivity index (χ1v) is 2.83. The third kappa shape index (κ3) is 3.68. The van der Waals surface area contributed by atoms with E-state index in [0.717, 1.165) is 4.48 Å². The van der Waals surface area contributed by atoms with Gasteiger partial charge in [0.05, 0.1) is 0 Å². The predicted molar refractivity (Wildman–Crippen MR) is 39.0 cm³/mol. The van der Waals surface area contributed by atoms with Gasteiger partial charge in [-0.2, -0.15) is 0 Å². The quantitative estimate of drug-likeness (QED) is 0.505. The number of rotatable bonds is 2. The molecule has 0 amide bonds. The van der Waals surface area contributed by atoms with Gasteiger partial charge in [-0.05, 0) is 6.08 Å². The fourth-order valence-corrected chi connectivity index (χ4v) is 0.482. The Bertz CT molecular complexity index is 135. The lowest BCUT2D eigenvalue weighted by molar-refractivity contribution is 0.435. The summed E-state index contributed by atoms with van der Waals surface area (Å²) in [7, 11) is 0. The van der Waals surface area contributed by atoms with E-state index in [1.54, 1.807) is 6.08 Å². The topological polar surface area (TPSA) is 20.2 Å². The van der Waals surface area contributed by atoms with Gasteiger partial charge in [-0.25, -0.2) is 0 Å². The second-order valence-corrected chi connectivity index (χ2v) is 2.14. The summed E-state index contributed by atoms with van der Waals surface area (Å²) in [6.45, 7) is 6.69. The molecule has 0 saturated heterocycles. The maximum Gasteiger partial charge on any atom is 0.109 e. The van der Waals surface area contributed by atoms with E-state index in [-0.39, 0.29) is 5.76 Å². The molecule has 2 heteroatoms. The Morgan fingerprint density at radius 3 is 2.25 bits per heavy atom. The lowest BCUT2D eigenvalue weighted by Gasteiger charge is -1.85. The predicted octanol–water partition coefficient (Wildman–Crippen LogP) is 2.52. The lowest BCUT2D eigenvalue weighted by Crippen LogP contribution is -1.67. The van der Waals surface area contributed by atoms with Crippen LogP contribution in [0, 0.1) is 0 Å². The zero-order chi connectivity index (χ0) is 6.57. The molecule has 44 valence electrons. The molecule has 0 aromatic rings. The van der Waals surface area contributed by atoms with Crippen LogP contribution in [-0.2, 0) is 0 Å². The molecule has 0 rings (SSSR count). The van der Waals surface area contributed by atoms with Gasteiger partial charge in [0.2, 0.25) is 0 Å². The number of halogens is 1. The normalized spacial score (nSPS) is 10.9. The van der Waals surface area contributed by atoms with Crippen molar-refractivity contribution in [2.24, 2.45) is 0 Å². The molecule has 0 spiro atoms. The zero-order valence-corrected chi connectivity index (χ0v) is 5.98. The lowest BCUT2D eigenvalue weighted by atomic mass is 10.4. The fourth-order valence-electron chi connectivity index (χ4n) is 0.218. The van der Waals surface area contributed by atoms with Crippen LogP contribution in [0.1, 0.15) is 0 Å². The largest absolute Gasteiger partial charge is 0.509 e. The second-order valence-electron chi connectivity index (χ2n) is 1.22. The molecule has 1 nitrogen and oxygen atoms in total. The first-order valence-electron chi connectivity index (χ1n) is 2.04. The van der Waals surface area contributed by atoms with Gasteiger partial charge in [0, 0.05) is 4.48 Å². The summed E-state index contributed by atoms with van der Waals surface area (Å²) < 4.78 is 0.727. The molecule has 0 radical (unpaired) electrons.